The van der Waals surface area contributed by atoms with Crippen LogP contribution in [-0.2, 0) is 9.53 Å². The zero-order valence-electron chi connectivity index (χ0n) is 15.6. The molecule has 27 heavy (non-hydrogen) atoms. The first-order chi connectivity index (χ1) is 13.0. The number of ether oxygens (including phenoxy) is 1. The summed E-state index contributed by atoms with van der Waals surface area (Å²) in [4.78, 5) is 27.0. The van der Waals surface area contributed by atoms with E-state index < -0.39 is 0 Å². The van der Waals surface area contributed by atoms with Gasteiger partial charge in [-0.3, -0.25) is 9.59 Å². The maximum absolute atomic E-state index is 12.8. The van der Waals surface area contributed by atoms with Crippen LogP contribution in [0.1, 0.15) is 29.8 Å². The second kappa shape index (κ2) is 8.64. The molecule has 0 bridgehead atoms. The van der Waals surface area contributed by atoms with Gasteiger partial charge >= 0.3 is 0 Å². The highest BCUT2D eigenvalue weighted by Crippen LogP contribution is 2.17. The standard InChI is InChI=1S/C22H24N2O3/c1-16(13-18-7-4-3-5-8-18)21(25)23-20-10-6-9-19(14-20)22(26)24-11-12-27-15-17(24)2/h3-10,13-14,17H,11-12,15H2,1-2H3,(H,23,25)/b16-13+. The number of nitrogens with zero attached hydrogens (tertiary/aromatic N) is 1. The van der Waals surface area contributed by atoms with Crippen LogP contribution in [0.4, 0.5) is 5.69 Å². The van der Waals surface area contributed by atoms with Gasteiger partial charge in [0.15, 0.2) is 0 Å². The second-order valence-electron chi connectivity index (χ2n) is 6.70. The SMILES string of the molecule is C/C(=C\c1ccccc1)C(=O)Nc1cccc(C(=O)N2CCOCC2C)c1. The molecule has 1 N–H and O–H groups in total. The first kappa shape index (κ1) is 18.9. The molecule has 2 aromatic carbocycles. The Morgan fingerprint density at radius 2 is 1.93 bits per heavy atom. The van der Waals surface area contributed by atoms with Gasteiger partial charge in [0.05, 0.1) is 19.3 Å². The maximum Gasteiger partial charge on any atom is 0.254 e. The molecule has 0 saturated carbocycles. The number of amides is 2. The first-order valence-electron chi connectivity index (χ1n) is 9.08. The summed E-state index contributed by atoms with van der Waals surface area (Å²) >= 11 is 0. The third kappa shape index (κ3) is 4.83. The normalized spacial score (nSPS) is 17.5. The van der Waals surface area contributed by atoms with Crippen LogP contribution in [0, 0.1) is 0 Å². The van der Waals surface area contributed by atoms with Gasteiger partial charge in [0.25, 0.3) is 11.8 Å². The molecular weight excluding hydrogens is 340 g/mol. The van der Waals surface area contributed by atoms with Gasteiger partial charge in [-0.15, -0.1) is 0 Å². The van der Waals surface area contributed by atoms with E-state index in [-0.39, 0.29) is 17.9 Å². The van der Waals surface area contributed by atoms with Crippen molar-refractivity contribution in [3.63, 3.8) is 0 Å². The van der Waals surface area contributed by atoms with Crippen LogP contribution in [0.15, 0.2) is 60.2 Å². The highest BCUT2D eigenvalue weighted by Gasteiger charge is 2.24. The number of carbonyl (C=O) groups excluding carboxylic acids is 2. The number of carbonyl (C=O) groups is 2. The molecule has 0 aromatic heterocycles. The van der Waals surface area contributed by atoms with E-state index in [1.165, 1.54) is 0 Å². The van der Waals surface area contributed by atoms with E-state index in [2.05, 4.69) is 5.32 Å². The molecule has 1 atom stereocenters. The Morgan fingerprint density at radius 1 is 1.15 bits per heavy atom. The zero-order chi connectivity index (χ0) is 19.2. The minimum Gasteiger partial charge on any atom is -0.377 e. The van der Waals surface area contributed by atoms with E-state index in [1.807, 2.05) is 48.2 Å². The van der Waals surface area contributed by atoms with E-state index >= 15 is 0 Å². The van der Waals surface area contributed by atoms with Crippen molar-refractivity contribution in [2.24, 2.45) is 0 Å². The molecule has 5 heteroatoms. The second-order valence-corrected chi connectivity index (χ2v) is 6.70. The number of benzene rings is 2. The summed E-state index contributed by atoms with van der Waals surface area (Å²) in [6.45, 7) is 5.42. The van der Waals surface area contributed by atoms with E-state index in [0.29, 0.717) is 36.6 Å². The molecule has 2 amide bonds. The number of morpholine rings is 1. The van der Waals surface area contributed by atoms with Crippen LogP contribution in [0.2, 0.25) is 0 Å². The van der Waals surface area contributed by atoms with Crippen molar-refractivity contribution < 1.29 is 14.3 Å². The Kier molecular flexibility index (Phi) is 6.04. The Balaban J connectivity index is 1.71. The molecule has 5 nitrogen and oxygen atoms in total. The summed E-state index contributed by atoms with van der Waals surface area (Å²) in [5.41, 5.74) is 2.73. The maximum atomic E-state index is 12.8. The number of hydrogen-bond donors (Lipinski definition) is 1. The molecule has 1 heterocycles. The third-order valence-electron chi connectivity index (χ3n) is 4.54. The fourth-order valence-corrected chi connectivity index (χ4v) is 3.02. The largest absolute Gasteiger partial charge is 0.377 e. The Bertz CT molecular complexity index is 846. The lowest BCUT2D eigenvalue weighted by atomic mass is 10.1. The molecule has 1 aliphatic heterocycles. The molecule has 0 spiro atoms. The molecule has 2 aromatic rings. The summed E-state index contributed by atoms with van der Waals surface area (Å²) < 4.78 is 5.39. The van der Waals surface area contributed by atoms with Gasteiger partial charge in [0.2, 0.25) is 0 Å². The van der Waals surface area contributed by atoms with Crippen LogP contribution in [0.5, 0.6) is 0 Å². The van der Waals surface area contributed by atoms with Gasteiger partial charge in [0.1, 0.15) is 0 Å². The van der Waals surface area contributed by atoms with Crippen molar-refractivity contribution in [3.8, 4) is 0 Å². The van der Waals surface area contributed by atoms with E-state index in [0.717, 1.165) is 5.56 Å². The molecule has 0 aliphatic carbocycles. The van der Waals surface area contributed by atoms with Crippen molar-refractivity contribution in [2.75, 3.05) is 25.1 Å². The van der Waals surface area contributed by atoms with Gasteiger partial charge < -0.3 is 15.0 Å². The first-order valence-corrected chi connectivity index (χ1v) is 9.08. The molecule has 1 aliphatic rings. The number of anilines is 1. The van der Waals surface area contributed by atoms with Crippen molar-refractivity contribution in [1.29, 1.82) is 0 Å². The van der Waals surface area contributed by atoms with Gasteiger partial charge in [-0.25, -0.2) is 0 Å². The fourth-order valence-electron chi connectivity index (χ4n) is 3.02. The summed E-state index contributed by atoms with van der Waals surface area (Å²) in [6, 6.07) is 16.8. The Hall–Kier alpha value is -2.92. The quantitative estimate of drug-likeness (QED) is 0.844. The van der Waals surface area contributed by atoms with Gasteiger partial charge in [-0.2, -0.15) is 0 Å². The fraction of sp³-hybridized carbons (Fsp3) is 0.273. The van der Waals surface area contributed by atoms with Crippen molar-refractivity contribution in [3.05, 3.63) is 71.3 Å². The summed E-state index contributed by atoms with van der Waals surface area (Å²) in [7, 11) is 0. The van der Waals surface area contributed by atoms with E-state index in [4.69, 9.17) is 4.74 Å². The number of hydrogen-bond acceptors (Lipinski definition) is 3. The smallest absolute Gasteiger partial charge is 0.254 e. The minimum absolute atomic E-state index is 0.0422. The van der Waals surface area contributed by atoms with E-state index in [1.54, 1.807) is 31.2 Å². The monoisotopic (exact) mass is 364 g/mol. The predicted octanol–water partition coefficient (Wildman–Crippen LogP) is 3.59. The van der Waals surface area contributed by atoms with Gasteiger partial charge in [-0.1, -0.05) is 36.4 Å². The Morgan fingerprint density at radius 3 is 2.67 bits per heavy atom. The summed E-state index contributed by atoms with van der Waals surface area (Å²) in [5, 5.41) is 2.87. The Labute approximate surface area is 159 Å². The van der Waals surface area contributed by atoms with Crippen LogP contribution in [0.25, 0.3) is 6.08 Å². The van der Waals surface area contributed by atoms with Crippen LogP contribution >= 0.6 is 0 Å². The van der Waals surface area contributed by atoms with Crippen molar-refractivity contribution >= 4 is 23.6 Å². The lowest BCUT2D eigenvalue weighted by Crippen LogP contribution is -2.47. The molecule has 0 radical (unpaired) electrons. The minimum atomic E-state index is -0.191. The van der Waals surface area contributed by atoms with E-state index in [9.17, 15) is 9.59 Å². The molecule has 1 saturated heterocycles. The molecule has 1 fully saturated rings. The predicted molar refractivity (Wildman–Crippen MR) is 106 cm³/mol. The highest BCUT2D eigenvalue weighted by atomic mass is 16.5. The zero-order valence-corrected chi connectivity index (χ0v) is 15.6. The van der Waals surface area contributed by atoms with Crippen LogP contribution in [-0.4, -0.2) is 42.5 Å². The number of rotatable bonds is 4. The molecule has 3 rings (SSSR count). The number of nitrogens with one attached hydrogen (secondary N) is 1. The van der Waals surface area contributed by atoms with Gasteiger partial charge in [-0.05, 0) is 43.7 Å². The molecule has 1 unspecified atom stereocenters. The van der Waals surface area contributed by atoms with Crippen LogP contribution in [0.3, 0.4) is 0 Å². The highest BCUT2D eigenvalue weighted by molar-refractivity contribution is 6.06. The molecule has 140 valence electrons. The van der Waals surface area contributed by atoms with Crippen molar-refractivity contribution in [2.45, 2.75) is 19.9 Å². The van der Waals surface area contributed by atoms with Crippen molar-refractivity contribution in [1.82, 2.24) is 4.90 Å². The third-order valence-corrected chi connectivity index (χ3v) is 4.54. The lowest BCUT2D eigenvalue weighted by molar-refractivity contribution is -0.112. The van der Waals surface area contributed by atoms with Gasteiger partial charge in [0, 0.05) is 23.4 Å². The summed E-state index contributed by atoms with van der Waals surface area (Å²) in [6.07, 6.45) is 1.83. The average Bonchev–Trinajstić information content (AvgIpc) is 2.69. The lowest BCUT2D eigenvalue weighted by Gasteiger charge is -2.33. The molecular formula is C22H24N2O3. The topological polar surface area (TPSA) is 58.6 Å². The average molecular weight is 364 g/mol. The summed E-state index contributed by atoms with van der Waals surface area (Å²) in [5.74, 6) is -0.235. The van der Waals surface area contributed by atoms with Crippen LogP contribution < -0.4 is 5.32 Å².